The first kappa shape index (κ1) is 25.9. The molecule has 0 saturated heterocycles. The van der Waals surface area contributed by atoms with Crippen molar-refractivity contribution in [3.63, 3.8) is 0 Å². The minimum absolute atomic E-state index is 0. The Morgan fingerprint density at radius 2 is 0.789 bits per heavy atom. The van der Waals surface area contributed by atoms with Crippen molar-refractivity contribution in [2.75, 3.05) is 6.61 Å². The SMILES string of the molecule is CCCCCCCCCCCCCCCCO.[H-].[H-].[Na+].[Na+]. The quantitative estimate of drug-likeness (QED) is 0.344. The molecular weight excluding hydrogens is 254 g/mol. The summed E-state index contributed by atoms with van der Waals surface area (Å²) < 4.78 is 0. The normalized spacial score (nSPS) is 9.79. The predicted molar refractivity (Wildman–Crippen MR) is 79.6 cm³/mol. The molecule has 0 fully saturated rings. The second-order valence-corrected chi connectivity index (χ2v) is 5.32. The Labute approximate surface area is 169 Å². The first-order chi connectivity index (χ1) is 8.41. The van der Waals surface area contributed by atoms with Gasteiger partial charge in [0.1, 0.15) is 0 Å². The van der Waals surface area contributed by atoms with E-state index in [2.05, 4.69) is 6.92 Å². The third kappa shape index (κ3) is 25.3. The number of hydrogen-bond acceptors (Lipinski definition) is 1. The van der Waals surface area contributed by atoms with Gasteiger partial charge in [0.25, 0.3) is 0 Å². The molecule has 0 rings (SSSR count). The molecule has 0 atom stereocenters. The van der Waals surface area contributed by atoms with Gasteiger partial charge in [-0.15, -0.1) is 0 Å². The largest absolute Gasteiger partial charge is 1.00 e. The van der Waals surface area contributed by atoms with Crippen LogP contribution < -0.4 is 59.1 Å². The molecule has 0 unspecified atom stereocenters. The summed E-state index contributed by atoms with van der Waals surface area (Å²) >= 11 is 0. The molecular formula is C16H36Na2O. The topological polar surface area (TPSA) is 20.2 Å². The fraction of sp³-hybridized carbons (Fsp3) is 1.00. The third-order valence-electron chi connectivity index (χ3n) is 3.51. The summed E-state index contributed by atoms with van der Waals surface area (Å²) in [7, 11) is 0. The maximum Gasteiger partial charge on any atom is 1.00 e. The first-order valence-electron chi connectivity index (χ1n) is 8.02. The minimum atomic E-state index is 0. The smallest absolute Gasteiger partial charge is 1.00 e. The molecule has 0 amide bonds. The van der Waals surface area contributed by atoms with Gasteiger partial charge in [0.2, 0.25) is 0 Å². The molecule has 1 nitrogen and oxygen atoms in total. The van der Waals surface area contributed by atoms with E-state index in [0.29, 0.717) is 6.61 Å². The molecule has 0 aromatic carbocycles. The maximum atomic E-state index is 8.64. The van der Waals surface area contributed by atoms with Crippen LogP contribution in [0.15, 0.2) is 0 Å². The van der Waals surface area contributed by atoms with E-state index in [9.17, 15) is 0 Å². The van der Waals surface area contributed by atoms with E-state index in [1.54, 1.807) is 0 Å². The van der Waals surface area contributed by atoms with Crippen LogP contribution in [-0.2, 0) is 0 Å². The molecule has 0 heterocycles. The van der Waals surface area contributed by atoms with E-state index >= 15 is 0 Å². The molecule has 19 heavy (non-hydrogen) atoms. The van der Waals surface area contributed by atoms with Crippen molar-refractivity contribution in [3.05, 3.63) is 0 Å². The van der Waals surface area contributed by atoms with Gasteiger partial charge in [-0.25, -0.2) is 0 Å². The summed E-state index contributed by atoms with van der Waals surface area (Å²) in [5, 5.41) is 8.64. The summed E-state index contributed by atoms with van der Waals surface area (Å²) in [6.45, 7) is 2.65. The van der Waals surface area contributed by atoms with Gasteiger partial charge < -0.3 is 7.96 Å². The van der Waals surface area contributed by atoms with Crippen LogP contribution in [-0.4, -0.2) is 11.7 Å². The molecule has 0 bridgehead atoms. The number of hydrogen-bond donors (Lipinski definition) is 1. The Morgan fingerprint density at radius 3 is 1.05 bits per heavy atom. The fourth-order valence-corrected chi connectivity index (χ4v) is 2.31. The molecule has 0 spiro atoms. The molecule has 0 aromatic rings. The van der Waals surface area contributed by atoms with Crippen LogP contribution in [0.1, 0.15) is 99.7 Å². The van der Waals surface area contributed by atoms with E-state index in [4.69, 9.17) is 5.11 Å². The van der Waals surface area contributed by atoms with E-state index in [1.807, 2.05) is 0 Å². The zero-order valence-electron chi connectivity index (χ0n) is 16.1. The number of aliphatic hydroxyl groups is 1. The Hall–Kier alpha value is 1.96. The van der Waals surface area contributed by atoms with Crippen molar-refractivity contribution in [2.45, 2.75) is 96.8 Å². The van der Waals surface area contributed by atoms with Gasteiger partial charge in [0.05, 0.1) is 0 Å². The van der Waals surface area contributed by atoms with Gasteiger partial charge >= 0.3 is 59.1 Å². The van der Waals surface area contributed by atoms with Crippen LogP contribution >= 0.6 is 0 Å². The molecule has 0 aliphatic heterocycles. The average Bonchev–Trinajstić information content (AvgIpc) is 2.35. The zero-order chi connectivity index (χ0) is 12.6. The number of rotatable bonds is 14. The maximum absolute atomic E-state index is 8.64. The second-order valence-electron chi connectivity index (χ2n) is 5.32. The molecule has 0 aliphatic carbocycles. The summed E-state index contributed by atoms with van der Waals surface area (Å²) in [5.41, 5.74) is 0. The first-order valence-corrected chi connectivity index (χ1v) is 8.02. The Balaban J connectivity index is -0.000000213. The van der Waals surface area contributed by atoms with Crippen LogP contribution in [0.5, 0.6) is 0 Å². The van der Waals surface area contributed by atoms with Crippen molar-refractivity contribution in [2.24, 2.45) is 0 Å². The van der Waals surface area contributed by atoms with Gasteiger partial charge in [-0.2, -0.15) is 0 Å². The number of unbranched alkanes of at least 4 members (excludes halogenated alkanes) is 13. The van der Waals surface area contributed by atoms with Crippen molar-refractivity contribution in [3.8, 4) is 0 Å². The fourth-order valence-electron chi connectivity index (χ4n) is 2.31. The Kier molecular flexibility index (Phi) is 34.0. The van der Waals surface area contributed by atoms with E-state index in [1.165, 1.54) is 83.5 Å². The standard InChI is InChI=1S/C16H34O.2Na.2H/c1-2-3-4-5-6-7-8-9-10-11-12-13-14-15-16-17;;;;/h17H,2-16H2,1H3;;;;/q;2*+1;2*-1. The average molecular weight is 290 g/mol. The van der Waals surface area contributed by atoms with Gasteiger partial charge in [-0.3, -0.25) is 0 Å². The summed E-state index contributed by atoms with van der Waals surface area (Å²) in [6.07, 6.45) is 19.2. The number of aliphatic hydroxyl groups excluding tert-OH is 1. The van der Waals surface area contributed by atoms with Crippen LogP contribution in [0.3, 0.4) is 0 Å². The van der Waals surface area contributed by atoms with Gasteiger partial charge in [0, 0.05) is 6.61 Å². The monoisotopic (exact) mass is 290 g/mol. The van der Waals surface area contributed by atoms with E-state index in [-0.39, 0.29) is 62.0 Å². The van der Waals surface area contributed by atoms with E-state index in [0.717, 1.165) is 6.42 Å². The van der Waals surface area contributed by atoms with Crippen molar-refractivity contribution >= 4 is 0 Å². The third-order valence-corrected chi connectivity index (χ3v) is 3.51. The van der Waals surface area contributed by atoms with Crippen molar-refractivity contribution in [1.29, 1.82) is 0 Å². The minimum Gasteiger partial charge on any atom is -1.00 e. The molecule has 108 valence electrons. The van der Waals surface area contributed by atoms with E-state index < -0.39 is 0 Å². The van der Waals surface area contributed by atoms with Crippen LogP contribution in [0, 0.1) is 0 Å². The second kappa shape index (κ2) is 24.9. The predicted octanol–water partition coefficient (Wildman–Crippen LogP) is -0.307. The summed E-state index contributed by atoms with van der Waals surface area (Å²) in [6, 6.07) is 0. The Bertz CT molecular complexity index is 127. The van der Waals surface area contributed by atoms with Crippen molar-refractivity contribution in [1.82, 2.24) is 0 Å². The van der Waals surface area contributed by atoms with Gasteiger partial charge in [-0.05, 0) is 6.42 Å². The molecule has 0 radical (unpaired) electrons. The molecule has 0 aromatic heterocycles. The van der Waals surface area contributed by atoms with Crippen LogP contribution in [0.4, 0.5) is 0 Å². The Morgan fingerprint density at radius 1 is 0.526 bits per heavy atom. The summed E-state index contributed by atoms with van der Waals surface area (Å²) in [5.74, 6) is 0. The molecule has 1 N–H and O–H groups in total. The molecule has 3 heteroatoms. The zero-order valence-corrected chi connectivity index (χ0v) is 18.1. The van der Waals surface area contributed by atoms with Crippen LogP contribution in [0.2, 0.25) is 0 Å². The molecule has 0 saturated carbocycles. The molecule has 0 aliphatic rings. The van der Waals surface area contributed by atoms with Crippen LogP contribution in [0.25, 0.3) is 0 Å². The van der Waals surface area contributed by atoms with Crippen molar-refractivity contribution < 1.29 is 67.1 Å². The summed E-state index contributed by atoms with van der Waals surface area (Å²) in [4.78, 5) is 0. The van der Waals surface area contributed by atoms with Gasteiger partial charge in [-0.1, -0.05) is 90.4 Å². The van der Waals surface area contributed by atoms with Gasteiger partial charge in [0.15, 0.2) is 0 Å².